The van der Waals surface area contributed by atoms with Crippen LogP contribution in [0.5, 0.6) is 0 Å². The zero-order valence-electron chi connectivity index (χ0n) is 11.7. The normalized spacial score (nSPS) is 19.8. The van der Waals surface area contributed by atoms with Gasteiger partial charge in [0.1, 0.15) is 12.5 Å². The molecule has 1 aromatic heterocycles. The van der Waals surface area contributed by atoms with Crippen LogP contribution in [0.2, 0.25) is 0 Å². The van der Waals surface area contributed by atoms with Crippen LogP contribution in [0.1, 0.15) is 6.92 Å². The van der Waals surface area contributed by atoms with Gasteiger partial charge in [0.2, 0.25) is 5.89 Å². The van der Waals surface area contributed by atoms with E-state index in [0.29, 0.717) is 25.4 Å². The van der Waals surface area contributed by atoms with Crippen molar-refractivity contribution >= 4 is 0 Å². The molecule has 0 N–H and O–H groups in total. The Morgan fingerprint density at radius 3 is 2.86 bits per heavy atom. The lowest BCUT2D eigenvalue weighted by atomic mass is 10.2. The Hall–Kier alpha value is -1.99. The Kier molecular flexibility index (Phi) is 3.85. The first-order valence-electron chi connectivity index (χ1n) is 6.79. The number of morpholine rings is 1. The van der Waals surface area contributed by atoms with Gasteiger partial charge in [-0.15, -0.1) is 5.10 Å². The van der Waals surface area contributed by atoms with Crippen molar-refractivity contribution < 1.29 is 13.5 Å². The first-order valence-corrected chi connectivity index (χ1v) is 6.79. The van der Waals surface area contributed by atoms with Crippen LogP contribution in [0.3, 0.4) is 0 Å². The first kappa shape index (κ1) is 14.0. The van der Waals surface area contributed by atoms with Crippen LogP contribution >= 0.6 is 0 Å². The molecule has 0 saturated carbocycles. The second kappa shape index (κ2) is 5.79. The smallest absolute Gasteiger partial charge is 0.388 e. The second-order valence-electron chi connectivity index (χ2n) is 5.06. The van der Waals surface area contributed by atoms with E-state index in [4.69, 9.17) is 9.15 Å². The highest BCUT2D eigenvalue weighted by molar-refractivity contribution is 5.51. The molecule has 2 heterocycles. The van der Waals surface area contributed by atoms with Crippen molar-refractivity contribution in [1.82, 2.24) is 14.7 Å². The molecule has 1 fully saturated rings. The Bertz CT molecular complexity index is 665. The molecule has 21 heavy (non-hydrogen) atoms. The minimum atomic E-state index is -0.520. The number of halogens is 1. The van der Waals surface area contributed by atoms with E-state index >= 15 is 0 Å². The molecule has 0 spiro atoms. The highest BCUT2D eigenvalue weighted by Gasteiger charge is 2.21. The van der Waals surface area contributed by atoms with Crippen LogP contribution in [-0.4, -0.2) is 40.5 Å². The standard InChI is InChI=1S/C14H16FN3O3/c1-10-8-20-7-6-17(10)9-18-14(19)21-13(16-18)11-2-4-12(15)5-3-11/h2-5,10H,6-9H2,1H3. The topological polar surface area (TPSA) is 60.5 Å². The number of benzene rings is 1. The molecule has 1 saturated heterocycles. The third kappa shape index (κ3) is 3.03. The number of rotatable bonds is 3. The van der Waals surface area contributed by atoms with Crippen molar-refractivity contribution in [3.05, 3.63) is 40.6 Å². The van der Waals surface area contributed by atoms with Crippen molar-refractivity contribution in [3.63, 3.8) is 0 Å². The van der Waals surface area contributed by atoms with E-state index in [1.54, 1.807) is 0 Å². The van der Waals surface area contributed by atoms with E-state index in [1.807, 2.05) is 6.92 Å². The van der Waals surface area contributed by atoms with Gasteiger partial charge in [-0.2, -0.15) is 4.68 Å². The van der Waals surface area contributed by atoms with E-state index < -0.39 is 5.76 Å². The van der Waals surface area contributed by atoms with Gasteiger partial charge in [0.15, 0.2) is 0 Å². The summed E-state index contributed by atoms with van der Waals surface area (Å²) in [5.41, 5.74) is 0.572. The van der Waals surface area contributed by atoms with Gasteiger partial charge in [0.05, 0.1) is 13.2 Å². The van der Waals surface area contributed by atoms with E-state index in [1.165, 1.54) is 28.9 Å². The van der Waals surface area contributed by atoms with Gasteiger partial charge in [-0.05, 0) is 31.2 Å². The molecule has 2 aromatic rings. The van der Waals surface area contributed by atoms with Gasteiger partial charge >= 0.3 is 5.76 Å². The van der Waals surface area contributed by atoms with Crippen molar-refractivity contribution in [2.24, 2.45) is 0 Å². The van der Waals surface area contributed by atoms with E-state index in [9.17, 15) is 9.18 Å². The molecule has 1 atom stereocenters. The zero-order valence-corrected chi connectivity index (χ0v) is 11.7. The van der Waals surface area contributed by atoms with E-state index in [-0.39, 0.29) is 17.7 Å². The SMILES string of the molecule is CC1COCCN1Cn1nc(-c2ccc(F)cc2)oc1=O. The highest BCUT2D eigenvalue weighted by atomic mass is 19.1. The summed E-state index contributed by atoms with van der Waals surface area (Å²) in [5.74, 6) is -0.670. The fourth-order valence-electron chi connectivity index (χ4n) is 2.25. The molecule has 112 valence electrons. The number of ether oxygens (including phenoxy) is 1. The van der Waals surface area contributed by atoms with Gasteiger partial charge in [-0.1, -0.05) is 0 Å². The molecule has 0 amide bonds. The average molecular weight is 293 g/mol. The Morgan fingerprint density at radius 1 is 1.38 bits per heavy atom. The van der Waals surface area contributed by atoms with Crippen molar-refractivity contribution in [2.45, 2.75) is 19.6 Å². The quantitative estimate of drug-likeness (QED) is 0.854. The van der Waals surface area contributed by atoms with Crippen LogP contribution in [0, 0.1) is 5.82 Å². The lowest BCUT2D eigenvalue weighted by Crippen LogP contribution is -2.45. The molecule has 1 aromatic carbocycles. The molecule has 1 aliphatic rings. The van der Waals surface area contributed by atoms with E-state index in [0.717, 1.165) is 6.54 Å². The maximum Gasteiger partial charge on any atom is 0.438 e. The lowest BCUT2D eigenvalue weighted by molar-refractivity contribution is -0.0182. The maximum absolute atomic E-state index is 12.9. The maximum atomic E-state index is 12.9. The van der Waals surface area contributed by atoms with Crippen molar-refractivity contribution in [2.75, 3.05) is 19.8 Å². The number of aromatic nitrogens is 2. The molecular formula is C14H16FN3O3. The zero-order chi connectivity index (χ0) is 14.8. The molecule has 0 radical (unpaired) electrons. The van der Waals surface area contributed by atoms with Gasteiger partial charge in [-0.25, -0.2) is 9.18 Å². The summed E-state index contributed by atoms with van der Waals surface area (Å²) in [6.07, 6.45) is 0. The third-order valence-electron chi connectivity index (χ3n) is 3.52. The Balaban J connectivity index is 1.81. The summed E-state index contributed by atoms with van der Waals surface area (Å²) in [7, 11) is 0. The van der Waals surface area contributed by atoms with Gasteiger partial charge < -0.3 is 9.15 Å². The number of hydrogen-bond donors (Lipinski definition) is 0. The monoisotopic (exact) mass is 293 g/mol. The summed E-state index contributed by atoms with van der Waals surface area (Å²) >= 11 is 0. The predicted octanol–water partition coefficient (Wildman–Crippen LogP) is 1.32. The van der Waals surface area contributed by atoms with Crippen molar-refractivity contribution in [3.8, 4) is 11.5 Å². The minimum Gasteiger partial charge on any atom is -0.388 e. The van der Waals surface area contributed by atoms with Crippen LogP contribution < -0.4 is 5.76 Å². The Labute approximate surface area is 120 Å². The van der Waals surface area contributed by atoms with Crippen LogP contribution in [0.15, 0.2) is 33.5 Å². The minimum absolute atomic E-state index is 0.195. The highest BCUT2D eigenvalue weighted by Crippen LogP contribution is 2.16. The fourth-order valence-corrected chi connectivity index (χ4v) is 2.25. The van der Waals surface area contributed by atoms with Crippen molar-refractivity contribution in [1.29, 1.82) is 0 Å². The summed E-state index contributed by atoms with van der Waals surface area (Å²) in [4.78, 5) is 14.0. The van der Waals surface area contributed by atoms with E-state index in [2.05, 4.69) is 10.00 Å². The number of hydrogen-bond acceptors (Lipinski definition) is 5. The van der Waals surface area contributed by atoms with Crippen LogP contribution in [0.25, 0.3) is 11.5 Å². The summed E-state index contributed by atoms with van der Waals surface area (Å²) in [6, 6.07) is 5.89. The fraction of sp³-hybridized carbons (Fsp3) is 0.429. The molecule has 0 aliphatic carbocycles. The predicted molar refractivity (Wildman–Crippen MR) is 73.1 cm³/mol. The Morgan fingerprint density at radius 2 is 2.14 bits per heavy atom. The van der Waals surface area contributed by atoms with Gasteiger partial charge in [0.25, 0.3) is 0 Å². The average Bonchev–Trinajstić information content (AvgIpc) is 2.83. The molecular weight excluding hydrogens is 277 g/mol. The molecule has 1 unspecified atom stereocenters. The molecule has 7 heteroatoms. The number of nitrogens with zero attached hydrogens (tertiary/aromatic N) is 3. The molecule has 3 rings (SSSR count). The summed E-state index contributed by atoms with van der Waals surface area (Å²) in [5, 5.41) is 4.17. The van der Waals surface area contributed by atoms with Gasteiger partial charge in [-0.3, -0.25) is 4.90 Å². The summed E-state index contributed by atoms with van der Waals surface area (Å²) < 4.78 is 24.7. The summed E-state index contributed by atoms with van der Waals surface area (Å²) in [6.45, 7) is 4.41. The molecule has 6 nitrogen and oxygen atoms in total. The van der Waals surface area contributed by atoms with Crippen LogP contribution in [0.4, 0.5) is 4.39 Å². The van der Waals surface area contributed by atoms with Gasteiger partial charge in [0, 0.05) is 18.2 Å². The molecule has 0 bridgehead atoms. The first-order chi connectivity index (χ1) is 10.1. The molecule has 1 aliphatic heterocycles. The second-order valence-corrected chi connectivity index (χ2v) is 5.06. The third-order valence-corrected chi connectivity index (χ3v) is 3.52. The van der Waals surface area contributed by atoms with Crippen LogP contribution in [-0.2, 0) is 11.4 Å². The largest absolute Gasteiger partial charge is 0.438 e. The lowest BCUT2D eigenvalue weighted by Gasteiger charge is -2.32.